The molecule has 0 fully saturated rings. The second kappa shape index (κ2) is 5.65. The molecular weight excluding hydrogens is 280 g/mol. The molecule has 92 valence electrons. The summed E-state index contributed by atoms with van der Waals surface area (Å²) in [7, 11) is 0. The van der Waals surface area contributed by atoms with Crippen LogP contribution in [0.25, 0.3) is 11.0 Å². The van der Waals surface area contributed by atoms with Crippen LogP contribution in [-0.2, 0) is 0 Å². The van der Waals surface area contributed by atoms with Crippen molar-refractivity contribution in [2.45, 2.75) is 32.7 Å². The third-order valence-corrected chi connectivity index (χ3v) is 3.35. The molecule has 0 saturated heterocycles. The number of hydrogen-bond donors (Lipinski definition) is 1. The van der Waals surface area contributed by atoms with Crippen molar-refractivity contribution in [3.05, 3.63) is 28.4 Å². The molecule has 1 aromatic carbocycles. The van der Waals surface area contributed by atoms with E-state index in [-0.39, 0.29) is 6.04 Å². The highest BCUT2D eigenvalue weighted by atomic mass is 79.9. The first kappa shape index (κ1) is 12.6. The molecule has 0 amide bonds. The zero-order valence-corrected chi connectivity index (χ0v) is 11.8. The number of nitrogens with zero attached hydrogens (tertiary/aromatic N) is 1. The van der Waals surface area contributed by atoms with Gasteiger partial charge in [0.25, 0.3) is 0 Å². The quantitative estimate of drug-likeness (QED) is 0.846. The van der Waals surface area contributed by atoms with E-state index in [4.69, 9.17) is 4.52 Å². The fourth-order valence-electron chi connectivity index (χ4n) is 1.84. The number of rotatable bonds is 5. The first-order chi connectivity index (χ1) is 8.22. The molecule has 0 spiro atoms. The Bertz CT molecular complexity index is 495. The maximum atomic E-state index is 5.34. The van der Waals surface area contributed by atoms with Gasteiger partial charge in [-0.15, -0.1) is 0 Å². The minimum Gasteiger partial charge on any atom is -0.356 e. The summed E-state index contributed by atoms with van der Waals surface area (Å²) in [5.74, 6) is 0. The molecule has 1 unspecified atom stereocenters. The van der Waals surface area contributed by atoms with Crippen LogP contribution in [0.15, 0.2) is 27.2 Å². The Morgan fingerprint density at radius 3 is 3.06 bits per heavy atom. The van der Waals surface area contributed by atoms with Gasteiger partial charge in [0.2, 0.25) is 0 Å². The molecule has 1 heterocycles. The molecule has 2 aromatic rings. The topological polar surface area (TPSA) is 38.1 Å². The van der Waals surface area contributed by atoms with Gasteiger partial charge in [0.1, 0.15) is 5.69 Å². The van der Waals surface area contributed by atoms with Crippen molar-refractivity contribution in [3.8, 4) is 0 Å². The van der Waals surface area contributed by atoms with Crippen molar-refractivity contribution < 1.29 is 4.52 Å². The van der Waals surface area contributed by atoms with E-state index in [1.165, 1.54) is 12.8 Å². The van der Waals surface area contributed by atoms with Crippen molar-refractivity contribution >= 4 is 26.9 Å². The van der Waals surface area contributed by atoms with E-state index in [0.717, 1.165) is 27.7 Å². The molecule has 1 aromatic heterocycles. The van der Waals surface area contributed by atoms with Gasteiger partial charge in [0.05, 0.1) is 6.04 Å². The van der Waals surface area contributed by atoms with Gasteiger partial charge in [-0.1, -0.05) is 34.4 Å². The first-order valence-electron chi connectivity index (χ1n) is 6.00. The smallest absolute Gasteiger partial charge is 0.168 e. The summed E-state index contributed by atoms with van der Waals surface area (Å²) in [6, 6.07) is 6.24. The van der Waals surface area contributed by atoms with E-state index in [9.17, 15) is 0 Å². The fraction of sp³-hybridized carbons (Fsp3) is 0.462. The Kier molecular flexibility index (Phi) is 4.18. The second-order valence-electron chi connectivity index (χ2n) is 4.24. The Labute approximate surface area is 110 Å². The van der Waals surface area contributed by atoms with Gasteiger partial charge in [-0.25, -0.2) is 0 Å². The first-order valence-corrected chi connectivity index (χ1v) is 6.80. The number of halogens is 1. The van der Waals surface area contributed by atoms with Gasteiger partial charge in [0, 0.05) is 9.86 Å². The molecule has 17 heavy (non-hydrogen) atoms. The zero-order chi connectivity index (χ0) is 12.3. The normalized spacial score (nSPS) is 13.1. The number of aromatic nitrogens is 1. The lowest BCUT2D eigenvalue weighted by Gasteiger charge is -2.10. The highest BCUT2D eigenvalue weighted by Crippen LogP contribution is 2.26. The molecule has 0 aliphatic heterocycles. The van der Waals surface area contributed by atoms with Crippen LogP contribution in [0.4, 0.5) is 0 Å². The lowest BCUT2D eigenvalue weighted by molar-refractivity contribution is 0.426. The van der Waals surface area contributed by atoms with Gasteiger partial charge >= 0.3 is 0 Å². The molecule has 4 heteroatoms. The minimum atomic E-state index is 0.226. The average molecular weight is 297 g/mol. The molecule has 1 atom stereocenters. The summed E-state index contributed by atoms with van der Waals surface area (Å²) in [5.41, 5.74) is 1.82. The van der Waals surface area contributed by atoms with E-state index in [1.807, 2.05) is 18.2 Å². The lowest BCUT2D eigenvalue weighted by atomic mass is 10.1. The van der Waals surface area contributed by atoms with E-state index >= 15 is 0 Å². The van der Waals surface area contributed by atoms with Crippen LogP contribution in [0.5, 0.6) is 0 Å². The molecule has 0 saturated carbocycles. The Balaban J connectivity index is 2.17. The van der Waals surface area contributed by atoms with Crippen LogP contribution in [0, 0.1) is 0 Å². The zero-order valence-electron chi connectivity index (χ0n) is 10.2. The lowest BCUT2D eigenvalue weighted by Crippen LogP contribution is -2.20. The van der Waals surface area contributed by atoms with Crippen LogP contribution in [0.2, 0.25) is 0 Å². The van der Waals surface area contributed by atoms with Crippen LogP contribution in [0.3, 0.4) is 0 Å². The minimum absolute atomic E-state index is 0.226. The van der Waals surface area contributed by atoms with Crippen LogP contribution >= 0.6 is 15.9 Å². The molecule has 2 rings (SSSR count). The number of unbranched alkanes of at least 4 members (excludes halogenated alkanes) is 1. The molecule has 1 N–H and O–H groups in total. The summed E-state index contributed by atoms with van der Waals surface area (Å²) < 4.78 is 6.35. The highest BCUT2D eigenvalue weighted by Gasteiger charge is 2.14. The Morgan fingerprint density at radius 1 is 1.47 bits per heavy atom. The van der Waals surface area contributed by atoms with Gasteiger partial charge in [-0.05, 0) is 38.1 Å². The van der Waals surface area contributed by atoms with Gasteiger partial charge in [0.15, 0.2) is 5.58 Å². The SMILES string of the molecule is CCCCNC(C)c1noc2cc(Br)ccc12. The van der Waals surface area contributed by atoms with Crippen molar-refractivity contribution in [2.75, 3.05) is 6.54 Å². The van der Waals surface area contributed by atoms with Crippen molar-refractivity contribution in [2.24, 2.45) is 0 Å². The largest absolute Gasteiger partial charge is 0.356 e. The van der Waals surface area contributed by atoms with Crippen LogP contribution < -0.4 is 5.32 Å². The maximum absolute atomic E-state index is 5.34. The third-order valence-electron chi connectivity index (χ3n) is 2.85. The summed E-state index contributed by atoms with van der Waals surface area (Å²) >= 11 is 3.43. The molecule has 0 radical (unpaired) electrons. The summed E-state index contributed by atoms with van der Waals surface area (Å²) in [6.45, 7) is 5.33. The van der Waals surface area contributed by atoms with E-state index in [2.05, 4.69) is 40.3 Å². The monoisotopic (exact) mass is 296 g/mol. The summed E-state index contributed by atoms with van der Waals surface area (Å²) in [5, 5.41) is 8.70. The maximum Gasteiger partial charge on any atom is 0.168 e. The molecule has 0 aliphatic rings. The molecule has 3 nitrogen and oxygen atoms in total. The van der Waals surface area contributed by atoms with E-state index < -0.39 is 0 Å². The standard InChI is InChI=1S/C13H17BrN2O/c1-3-4-7-15-9(2)13-11-6-5-10(14)8-12(11)17-16-13/h5-6,8-9,15H,3-4,7H2,1-2H3. The Morgan fingerprint density at radius 2 is 2.29 bits per heavy atom. The molecule has 0 aliphatic carbocycles. The van der Waals surface area contributed by atoms with E-state index in [0.29, 0.717) is 0 Å². The predicted octanol–water partition coefficient (Wildman–Crippen LogP) is 4.04. The Hall–Kier alpha value is -0.870. The number of hydrogen-bond acceptors (Lipinski definition) is 3. The van der Waals surface area contributed by atoms with E-state index in [1.54, 1.807) is 0 Å². The predicted molar refractivity (Wildman–Crippen MR) is 73.0 cm³/mol. The van der Waals surface area contributed by atoms with Crippen LogP contribution in [0.1, 0.15) is 38.4 Å². The number of benzene rings is 1. The van der Waals surface area contributed by atoms with Crippen molar-refractivity contribution in [3.63, 3.8) is 0 Å². The van der Waals surface area contributed by atoms with Gasteiger partial charge in [-0.3, -0.25) is 0 Å². The van der Waals surface area contributed by atoms with Crippen molar-refractivity contribution in [1.82, 2.24) is 10.5 Å². The van der Waals surface area contributed by atoms with Crippen molar-refractivity contribution in [1.29, 1.82) is 0 Å². The number of nitrogens with one attached hydrogen (secondary N) is 1. The third kappa shape index (κ3) is 2.87. The summed E-state index contributed by atoms with van der Waals surface area (Å²) in [6.07, 6.45) is 2.39. The van der Waals surface area contributed by atoms with Gasteiger partial charge in [-0.2, -0.15) is 0 Å². The highest BCUT2D eigenvalue weighted by molar-refractivity contribution is 9.10. The number of fused-ring (bicyclic) bond motifs is 1. The van der Waals surface area contributed by atoms with Gasteiger partial charge < -0.3 is 9.84 Å². The molecule has 0 bridgehead atoms. The van der Waals surface area contributed by atoms with Crippen LogP contribution in [-0.4, -0.2) is 11.7 Å². The molecular formula is C13H17BrN2O. The summed E-state index contributed by atoms with van der Waals surface area (Å²) in [4.78, 5) is 0. The average Bonchev–Trinajstić information content (AvgIpc) is 2.72. The second-order valence-corrected chi connectivity index (χ2v) is 5.15. The fourth-order valence-corrected chi connectivity index (χ4v) is 2.18.